The molecule has 1 amide bonds. The van der Waals surface area contributed by atoms with Crippen molar-refractivity contribution in [1.82, 2.24) is 4.90 Å². The zero-order chi connectivity index (χ0) is 18.6. The van der Waals surface area contributed by atoms with Gasteiger partial charge < -0.3 is 20.7 Å². The van der Waals surface area contributed by atoms with E-state index in [2.05, 4.69) is 10.2 Å². The second-order valence-corrected chi connectivity index (χ2v) is 7.50. The molecule has 5 nitrogen and oxygen atoms in total. The Bertz CT molecular complexity index is 797. The largest absolute Gasteiger partial charge is 0.490 e. The number of halogens is 2. The molecule has 1 atom stereocenters. The normalized spacial score (nSPS) is 19.2. The lowest BCUT2D eigenvalue weighted by Gasteiger charge is -2.20. The Balaban J connectivity index is 0.00000150. The van der Waals surface area contributed by atoms with Crippen LogP contribution < -0.4 is 15.8 Å². The maximum absolute atomic E-state index is 12.4. The van der Waals surface area contributed by atoms with Gasteiger partial charge in [0.25, 0.3) is 5.91 Å². The molecule has 7 heteroatoms. The summed E-state index contributed by atoms with van der Waals surface area (Å²) in [7, 11) is 0. The molecule has 158 valence electrons. The van der Waals surface area contributed by atoms with Crippen LogP contribution in [0.5, 0.6) is 5.75 Å². The summed E-state index contributed by atoms with van der Waals surface area (Å²) in [5.74, 6) is 0.657. The number of nitrogens with zero attached hydrogens (tertiary/aromatic N) is 1. The van der Waals surface area contributed by atoms with E-state index >= 15 is 0 Å². The van der Waals surface area contributed by atoms with Crippen LogP contribution in [0.4, 0.5) is 11.4 Å². The summed E-state index contributed by atoms with van der Waals surface area (Å²) in [6, 6.07) is 15.5. The predicted molar refractivity (Wildman–Crippen MR) is 123 cm³/mol. The summed E-state index contributed by atoms with van der Waals surface area (Å²) < 4.78 is 6.18. The van der Waals surface area contributed by atoms with Crippen LogP contribution in [0.2, 0.25) is 0 Å². The molecular formula is C22H29Cl2N3O2. The zero-order valence-corrected chi connectivity index (χ0v) is 18.0. The highest BCUT2D eigenvalue weighted by molar-refractivity contribution is 6.05. The topological polar surface area (TPSA) is 67.6 Å². The van der Waals surface area contributed by atoms with E-state index in [1.54, 1.807) is 24.3 Å². The minimum atomic E-state index is -0.172. The number of nitrogen functional groups attached to an aromatic ring is 1. The van der Waals surface area contributed by atoms with Gasteiger partial charge in [-0.25, -0.2) is 0 Å². The molecule has 0 bridgehead atoms. The lowest BCUT2D eigenvalue weighted by molar-refractivity contribution is 0.102. The summed E-state index contributed by atoms with van der Waals surface area (Å²) in [5.41, 5.74) is 7.65. The van der Waals surface area contributed by atoms with Crippen molar-refractivity contribution in [3.05, 3.63) is 54.1 Å². The predicted octanol–water partition coefficient (Wildman–Crippen LogP) is 4.76. The minimum Gasteiger partial charge on any atom is -0.490 e. The number of ether oxygens (including phenoxy) is 1. The summed E-state index contributed by atoms with van der Waals surface area (Å²) >= 11 is 0. The number of hydrogen-bond donors (Lipinski definition) is 2. The number of nitrogens with one attached hydrogen (secondary N) is 1. The number of hydrogen-bond acceptors (Lipinski definition) is 4. The molecule has 2 aromatic rings. The van der Waals surface area contributed by atoms with E-state index in [4.69, 9.17) is 10.5 Å². The first-order valence-electron chi connectivity index (χ1n) is 9.85. The van der Waals surface area contributed by atoms with Gasteiger partial charge in [0.2, 0.25) is 0 Å². The van der Waals surface area contributed by atoms with Gasteiger partial charge in [-0.3, -0.25) is 4.79 Å². The molecule has 1 heterocycles. The van der Waals surface area contributed by atoms with Crippen molar-refractivity contribution in [2.75, 3.05) is 24.1 Å². The smallest absolute Gasteiger partial charge is 0.255 e. The quantitative estimate of drug-likeness (QED) is 0.661. The molecule has 2 fully saturated rings. The van der Waals surface area contributed by atoms with Gasteiger partial charge in [0.1, 0.15) is 5.75 Å². The van der Waals surface area contributed by atoms with Crippen molar-refractivity contribution < 1.29 is 9.53 Å². The highest BCUT2D eigenvalue weighted by atomic mass is 35.5. The Morgan fingerprint density at radius 1 is 0.966 bits per heavy atom. The lowest BCUT2D eigenvalue weighted by Crippen LogP contribution is -2.27. The first-order chi connectivity index (χ1) is 13.2. The summed E-state index contributed by atoms with van der Waals surface area (Å²) in [4.78, 5) is 15.0. The number of likely N-dealkylation sites (tertiary alicyclic amines) is 1. The second kappa shape index (κ2) is 10.7. The Hall–Kier alpha value is -1.95. The summed E-state index contributed by atoms with van der Waals surface area (Å²) in [5, 5.41) is 2.85. The van der Waals surface area contributed by atoms with Crippen LogP contribution in [0.1, 0.15) is 42.5 Å². The molecule has 0 spiro atoms. The van der Waals surface area contributed by atoms with E-state index in [1.807, 2.05) is 24.3 Å². The maximum atomic E-state index is 12.4. The van der Waals surface area contributed by atoms with Gasteiger partial charge in [0, 0.05) is 18.2 Å². The Morgan fingerprint density at radius 2 is 1.69 bits per heavy atom. The number of amides is 1. The van der Waals surface area contributed by atoms with Crippen molar-refractivity contribution in [2.24, 2.45) is 0 Å². The van der Waals surface area contributed by atoms with Crippen LogP contribution in [-0.2, 0) is 0 Å². The van der Waals surface area contributed by atoms with Crippen LogP contribution in [-0.4, -0.2) is 36.0 Å². The average Bonchev–Trinajstić information content (AvgIpc) is 3.51. The van der Waals surface area contributed by atoms with Gasteiger partial charge in [-0.2, -0.15) is 0 Å². The maximum Gasteiger partial charge on any atom is 0.255 e. The SMILES string of the molecule is Cl.Cl.Nc1ccccc1NC(=O)c1ccc(OC2CCCN(C3CC3)CC2)cc1. The van der Waals surface area contributed by atoms with Gasteiger partial charge in [-0.05, 0) is 75.0 Å². The fourth-order valence-electron chi connectivity index (χ4n) is 3.69. The first kappa shape index (κ1) is 23.3. The Kier molecular flexibility index (Phi) is 8.62. The molecule has 1 saturated heterocycles. The summed E-state index contributed by atoms with van der Waals surface area (Å²) in [6.07, 6.45) is 6.36. The highest BCUT2D eigenvalue weighted by Crippen LogP contribution is 2.30. The number of benzene rings is 2. The monoisotopic (exact) mass is 437 g/mol. The average molecular weight is 438 g/mol. The van der Waals surface area contributed by atoms with Crippen LogP contribution in [0.25, 0.3) is 0 Å². The van der Waals surface area contributed by atoms with Crippen LogP contribution in [0.3, 0.4) is 0 Å². The molecular weight excluding hydrogens is 409 g/mol. The standard InChI is InChI=1S/C22H27N3O2.2ClH/c23-20-5-1-2-6-21(20)24-22(26)16-7-11-19(12-8-16)27-18-4-3-14-25(15-13-18)17-9-10-17;;/h1-2,5-8,11-12,17-18H,3-4,9-10,13-15,23H2,(H,24,26);2*1H. The lowest BCUT2D eigenvalue weighted by atomic mass is 10.1. The van der Waals surface area contributed by atoms with Gasteiger partial charge in [-0.1, -0.05) is 12.1 Å². The van der Waals surface area contributed by atoms with Gasteiger partial charge in [-0.15, -0.1) is 24.8 Å². The van der Waals surface area contributed by atoms with Gasteiger partial charge >= 0.3 is 0 Å². The minimum absolute atomic E-state index is 0. The van der Waals surface area contributed by atoms with Gasteiger partial charge in [0.05, 0.1) is 17.5 Å². The number of anilines is 2. The fourth-order valence-corrected chi connectivity index (χ4v) is 3.69. The number of carbonyl (C=O) groups excluding carboxylic acids is 1. The van der Waals surface area contributed by atoms with Crippen molar-refractivity contribution >= 4 is 42.1 Å². The Morgan fingerprint density at radius 3 is 2.38 bits per heavy atom. The van der Waals surface area contributed by atoms with Crippen LogP contribution >= 0.6 is 24.8 Å². The highest BCUT2D eigenvalue weighted by Gasteiger charge is 2.30. The number of carbonyl (C=O) groups is 1. The fraction of sp³-hybridized carbons (Fsp3) is 0.409. The molecule has 1 aliphatic heterocycles. The zero-order valence-electron chi connectivity index (χ0n) is 16.4. The van der Waals surface area contributed by atoms with Crippen molar-refractivity contribution in [1.29, 1.82) is 0 Å². The van der Waals surface area contributed by atoms with Crippen molar-refractivity contribution in [3.8, 4) is 5.75 Å². The van der Waals surface area contributed by atoms with Crippen LogP contribution in [0.15, 0.2) is 48.5 Å². The molecule has 3 N–H and O–H groups in total. The van der Waals surface area contributed by atoms with E-state index in [1.165, 1.54) is 25.8 Å². The second-order valence-electron chi connectivity index (χ2n) is 7.50. The third-order valence-corrected chi connectivity index (χ3v) is 5.40. The molecule has 1 aliphatic carbocycles. The molecule has 2 aromatic carbocycles. The Labute approximate surface area is 184 Å². The molecule has 0 radical (unpaired) electrons. The van der Waals surface area contributed by atoms with E-state index in [0.29, 0.717) is 16.9 Å². The van der Waals surface area contributed by atoms with E-state index in [-0.39, 0.29) is 36.8 Å². The number of para-hydroxylation sites is 2. The summed E-state index contributed by atoms with van der Waals surface area (Å²) in [6.45, 7) is 2.33. The number of rotatable bonds is 5. The van der Waals surface area contributed by atoms with E-state index in [9.17, 15) is 4.79 Å². The van der Waals surface area contributed by atoms with E-state index < -0.39 is 0 Å². The third-order valence-electron chi connectivity index (χ3n) is 5.40. The molecule has 1 saturated carbocycles. The molecule has 1 unspecified atom stereocenters. The number of nitrogens with two attached hydrogens (primary N) is 1. The molecule has 0 aromatic heterocycles. The van der Waals surface area contributed by atoms with Crippen molar-refractivity contribution in [3.63, 3.8) is 0 Å². The molecule has 4 rings (SSSR count). The third kappa shape index (κ3) is 6.26. The van der Waals surface area contributed by atoms with Gasteiger partial charge in [0.15, 0.2) is 0 Å². The molecule has 29 heavy (non-hydrogen) atoms. The van der Waals surface area contributed by atoms with Crippen LogP contribution in [0, 0.1) is 0 Å². The van der Waals surface area contributed by atoms with E-state index in [0.717, 1.165) is 31.2 Å². The first-order valence-corrected chi connectivity index (χ1v) is 9.85. The molecule has 2 aliphatic rings. The van der Waals surface area contributed by atoms with Crippen molar-refractivity contribution in [2.45, 2.75) is 44.2 Å².